The zero-order valence-corrected chi connectivity index (χ0v) is 15.2. The molecule has 0 aromatic heterocycles. The maximum Gasteiger partial charge on any atom is 0.337 e. The van der Waals surface area contributed by atoms with Crippen molar-refractivity contribution in [1.82, 2.24) is 0 Å². The van der Waals surface area contributed by atoms with Crippen molar-refractivity contribution >= 4 is 5.97 Å². The topological polar surface area (TPSA) is 26.3 Å². The highest BCUT2D eigenvalue weighted by Crippen LogP contribution is 2.25. The molecule has 0 N–H and O–H groups in total. The molecule has 128 valence electrons. The van der Waals surface area contributed by atoms with Crippen LogP contribution in [0.4, 0.5) is 0 Å². The predicted molar refractivity (Wildman–Crippen MR) is 105 cm³/mol. The van der Waals surface area contributed by atoms with Crippen LogP contribution in [-0.2, 0) is 4.74 Å². The molecule has 0 fully saturated rings. The summed E-state index contributed by atoms with van der Waals surface area (Å²) in [5.74, 6) is -0.314. The van der Waals surface area contributed by atoms with E-state index in [1.165, 1.54) is 23.8 Å². The zero-order chi connectivity index (χ0) is 18.2. The van der Waals surface area contributed by atoms with Gasteiger partial charge in [0.1, 0.15) is 0 Å². The van der Waals surface area contributed by atoms with E-state index >= 15 is 0 Å². The van der Waals surface area contributed by atoms with Crippen LogP contribution in [0.15, 0.2) is 72.8 Å². The van der Waals surface area contributed by atoms with Crippen molar-refractivity contribution in [2.75, 3.05) is 7.11 Å². The molecule has 3 aromatic carbocycles. The number of esters is 1. The van der Waals surface area contributed by atoms with Crippen LogP contribution >= 0.6 is 0 Å². The van der Waals surface area contributed by atoms with E-state index in [0.29, 0.717) is 5.56 Å². The van der Waals surface area contributed by atoms with E-state index < -0.39 is 0 Å². The van der Waals surface area contributed by atoms with E-state index in [-0.39, 0.29) is 5.97 Å². The second kappa shape index (κ2) is 8.84. The summed E-state index contributed by atoms with van der Waals surface area (Å²) in [4.78, 5) is 11.5. The molecule has 0 spiro atoms. The molecule has 0 amide bonds. The van der Waals surface area contributed by atoms with Gasteiger partial charge in [-0.15, -0.1) is 0 Å². The Hall–Kier alpha value is -2.87. The maximum absolute atomic E-state index is 11.5. The lowest BCUT2D eigenvalue weighted by molar-refractivity contribution is 0.0601. The van der Waals surface area contributed by atoms with Crippen LogP contribution < -0.4 is 0 Å². The summed E-state index contributed by atoms with van der Waals surface area (Å²) in [6.07, 6.45) is 0. The van der Waals surface area contributed by atoms with Crippen LogP contribution in [0.2, 0.25) is 0 Å². The van der Waals surface area contributed by atoms with Gasteiger partial charge in [-0.3, -0.25) is 0 Å². The molecule has 0 atom stereocenters. The molecule has 2 nitrogen and oxygen atoms in total. The van der Waals surface area contributed by atoms with Crippen molar-refractivity contribution in [2.24, 2.45) is 0 Å². The van der Waals surface area contributed by atoms with Crippen molar-refractivity contribution in [2.45, 2.75) is 20.8 Å². The number of aryl methyl sites for hydroxylation is 1. The van der Waals surface area contributed by atoms with Gasteiger partial charge >= 0.3 is 5.97 Å². The highest BCUT2D eigenvalue weighted by Gasteiger charge is 2.05. The first-order chi connectivity index (χ1) is 12.2. The summed E-state index contributed by atoms with van der Waals surface area (Å²) >= 11 is 0. The average Bonchev–Trinajstić information content (AvgIpc) is 2.70. The van der Waals surface area contributed by atoms with Crippen LogP contribution in [0.5, 0.6) is 0 Å². The fourth-order valence-corrected chi connectivity index (χ4v) is 2.52. The molecule has 2 heteroatoms. The molecule has 0 aliphatic rings. The van der Waals surface area contributed by atoms with Crippen molar-refractivity contribution in [1.29, 1.82) is 0 Å². The van der Waals surface area contributed by atoms with Crippen LogP contribution in [0.1, 0.15) is 29.8 Å². The van der Waals surface area contributed by atoms with E-state index in [1.807, 2.05) is 26.0 Å². The van der Waals surface area contributed by atoms with E-state index in [4.69, 9.17) is 4.74 Å². The lowest BCUT2D eigenvalue weighted by Crippen LogP contribution is -2.00. The molecule has 3 aromatic rings. The Morgan fingerprint density at radius 1 is 0.640 bits per heavy atom. The first kappa shape index (κ1) is 18.5. The lowest BCUT2D eigenvalue weighted by Gasteiger charge is -2.06. The number of carbonyl (C=O) groups is 1. The summed E-state index contributed by atoms with van der Waals surface area (Å²) in [6.45, 7) is 6.09. The molecular weight excluding hydrogens is 308 g/mol. The third-order valence-corrected chi connectivity index (χ3v) is 3.91. The van der Waals surface area contributed by atoms with Crippen molar-refractivity contribution < 1.29 is 9.53 Å². The number of rotatable bonds is 3. The Labute approximate surface area is 150 Å². The molecule has 25 heavy (non-hydrogen) atoms. The largest absolute Gasteiger partial charge is 0.465 e. The number of carbonyl (C=O) groups excluding carboxylic acids is 1. The summed E-state index contributed by atoms with van der Waals surface area (Å²) in [6, 6.07) is 24.4. The number of hydrogen-bond donors (Lipinski definition) is 0. The van der Waals surface area contributed by atoms with Gasteiger partial charge in [-0.2, -0.15) is 0 Å². The number of hydrogen-bond acceptors (Lipinski definition) is 2. The maximum atomic E-state index is 11.5. The monoisotopic (exact) mass is 332 g/mol. The molecule has 3 rings (SSSR count). The van der Waals surface area contributed by atoms with Crippen LogP contribution in [0.3, 0.4) is 0 Å². The number of ether oxygens (including phenoxy) is 1. The third kappa shape index (κ3) is 4.57. The van der Waals surface area contributed by atoms with Crippen LogP contribution in [0, 0.1) is 6.92 Å². The molecule has 0 bridgehead atoms. The Bertz CT molecular complexity index is 798. The average molecular weight is 332 g/mol. The van der Waals surface area contributed by atoms with Crippen molar-refractivity contribution in [3.8, 4) is 22.3 Å². The summed E-state index contributed by atoms with van der Waals surface area (Å²) < 4.78 is 4.72. The molecule has 0 heterocycles. The first-order valence-electron chi connectivity index (χ1n) is 8.53. The Morgan fingerprint density at radius 2 is 0.960 bits per heavy atom. The molecule has 0 aliphatic heterocycles. The predicted octanol–water partition coefficient (Wildman–Crippen LogP) is 6.14. The summed E-state index contributed by atoms with van der Waals surface area (Å²) in [5.41, 5.74) is 6.43. The standard InChI is InChI=1S/C21H18O2.C2H6/c1-15-3-5-16(6-4-15)17-7-9-18(10-8-17)19-11-13-20(14-12-19)21(22)23-2;1-2/h3-14H,1-2H3;1-2H3. The third-order valence-electron chi connectivity index (χ3n) is 3.91. The van der Waals surface area contributed by atoms with Crippen LogP contribution in [0.25, 0.3) is 22.3 Å². The Balaban J connectivity index is 0.00000109. The minimum atomic E-state index is -0.314. The van der Waals surface area contributed by atoms with Gasteiger partial charge in [-0.25, -0.2) is 4.79 Å². The van der Waals surface area contributed by atoms with Gasteiger partial charge in [0.2, 0.25) is 0 Å². The molecule has 0 saturated carbocycles. The van der Waals surface area contributed by atoms with Gasteiger partial charge in [0.05, 0.1) is 12.7 Å². The van der Waals surface area contributed by atoms with E-state index in [9.17, 15) is 4.79 Å². The molecule has 0 unspecified atom stereocenters. The summed E-state index contributed by atoms with van der Waals surface area (Å²) in [7, 11) is 1.39. The van der Waals surface area contributed by atoms with Gasteiger partial charge in [0.25, 0.3) is 0 Å². The fraction of sp³-hybridized carbons (Fsp3) is 0.174. The molecular formula is C23H24O2. The molecule has 0 aliphatic carbocycles. The SMILES string of the molecule is CC.COC(=O)c1ccc(-c2ccc(-c3ccc(C)cc3)cc2)cc1. The molecule has 0 radical (unpaired) electrons. The second-order valence-corrected chi connectivity index (χ2v) is 5.51. The highest BCUT2D eigenvalue weighted by atomic mass is 16.5. The zero-order valence-electron chi connectivity index (χ0n) is 15.2. The van der Waals surface area contributed by atoms with Gasteiger partial charge in [-0.1, -0.05) is 80.1 Å². The van der Waals surface area contributed by atoms with Gasteiger partial charge in [0, 0.05) is 0 Å². The van der Waals surface area contributed by atoms with E-state index in [2.05, 4.69) is 55.5 Å². The molecule has 0 saturated heterocycles. The highest BCUT2D eigenvalue weighted by molar-refractivity contribution is 5.90. The number of benzene rings is 3. The van der Waals surface area contributed by atoms with Gasteiger partial charge in [0.15, 0.2) is 0 Å². The van der Waals surface area contributed by atoms with Crippen molar-refractivity contribution in [3.63, 3.8) is 0 Å². The normalized spacial score (nSPS) is 9.76. The van der Waals surface area contributed by atoms with Gasteiger partial charge < -0.3 is 4.74 Å². The minimum absolute atomic E-state index is 0.314. The van der Waals surface area contributed by atoms with Gasteiger partial charge in [-0.05, 0) is 41.3 Å². The van der Waals surface area contributed by atoms with E-state index in [1.54, 1.807) is 12.1 Å². The van der Waals surface area contributed by atoms with Crippen LogP contribution in [-0.4, -0.2) is 13.1 Å². The van der Waals surface area contributed by atoms with Crippen molar-refractivity contribution in [3.05, 3.63) is 83.9 Å². The minimum Gasteiger partial charge on any atom is -0.465 e. The fourth-order valence-electron chi connectivity index (χ4n) is 2.52. The lowest BCUT2D eigenvalue weighted by atomic mass is 9.99. The first-order valence-corrected chi connectivity index (χ1v) is 8.53. The Morgan fingerprint density at radius 3 is 1.32 bits per heavy atom. The Kier molecular flexibility index (Phi) is 6.53. The second-order valence-electron chi connectivity index (χ2n) is 5.51. The quantitative estimate of drug-likeness (QED) is 0.538. The smallest absolute Gasteiger partial charge is 0.337 e. The van der Waals surface area contributed by atoms with E-state index in [0.717, 1.165) is 11.1 Å². The summed E-state index contributed by atoms with van der Waals surface area (Å²) in [5, 5.41) is 0. The number of methoxy groups -OCH3 is 1.